The van der Waals surface area contributed by atoms with E-state index in [1.807, 2.05) is 0 Å². The number of hydrogen-bond acceptors (Lipinski definition) is 3. The molecule has 2 fully saturated rings. The maximum absolute atomic E-state index is 5.73. The van der Waals surface area contributed by atoms with Gasteiger partial charge >= 0.3 is 0 Å². The Labute approximate surface area is 60.5 Å². The Kier molecular flexibility index (Phi) is 1.44. The van der Waals surface area contributed by atoms with E-state index >= 15 is 0 Å². The van der Waals surface area contributed by atoms with Gasteiger partial charge in [0.1, 0.15) is 6.10 Å². The van der Waals surface area contributed by atoms with Crippen LogP contribution in [0.15, 0.2) is 0 Å². The third-order valence-corrected chi connectivity index (χ3v) is 2.34. The van der Waals surface area contributed by atoms with Crippen LogP contribution in [0.3, 0.4) is 0 Å². The van der Waals surface area contributed by atoms with Crippen molar-refractivity contribution in [3.8, 4) is 0 Å². The smallest absolute Gasteiger partial charge is 0.101 e. The zero-order valence-electron chi connectivity index (χ0n) is 6.12. The Morgan fingerprint density at radius 3 is 2.60 bits per heavy atom. The largest absolute Gasteiger partial charge is 0.373 e. The summed E-state index contributed by atoms with van der Waals surface area (Å²) in [6.07, 6.45) is 0.449. The molecule has 2 saturated heterocycles. The van der Waals surface area contributed by atoms with Crippen LogP contribution >= 0.6 is 0 Å². The first-order valence-electron chi connectivity index (χ1n) is 3.78. The van der Waals surface area contributed by atoms with Crippen LogP contribution in [0.5, 0.6) is 0 Å². The summed E-state index contributed by atoms with van der Waals surface area (Å²) >= 11 is 0. The monoisotopic (exact) mass is 143 g/mol. The molecule has 4 atom stereocenters. The van der Waals surface area contributed by atoms with Gasteiger partial charge in [-0.2, -0.15) is 0 Å². The SMILES string of the molecule is CC1CO[C@H]2[C@@H]1OC[C@@H]2N. The Hall–Kier alpha value is -0.120. The van der Waals surface area contributed by atoms with Gasteiger partial charge in [0, 0.05) is 5.92 Å². The number of hydrogen-bond donors (Lipinski definition) is 1. The van der Waals surface area contributed by atoms with E-state index in [0.29, 0.717) is 12.5 Å². The molecular formula is C7H13NO2. The molecule has 0 saturated carbocycles. The third-order valence-electron chi connectivity index (χ3n) is 2.34. The molecular weight excluding hydrogens is 130 g/mol. The van der Waals surface area contributed by atoms with Crippen LogP contribution in [0.1, 0.15) is 6.92 Å². The van der Waals surface area contributed by atoms with Gasteiger partial charge in [0.15, 0.2) is 0 Å². The Balaban J connectivity index is 2.09. The molecule has 0 radical (unpaired) electrons. The lowest BCUT2D eigenvalue weighted by atomic mass is 10.0. The average Bonchev–Trinajstić information content (AvgIpc) is 2.41. The number of rotatable bonds is 0. The number of nitrogens with two attached hydrogens (primary N) is 1. The summed E-state index contributed by atoms with van der Waals surface area (Å²) < 4.78 is 10.9. The number of fused-ring (bicyclic) bond motifs is 1. The fourth-order valence-electron chi connectivity index (χ4n) is 1.72. The third kappa shape index (κ3) is 0.779. The van der Waals surface area contributed by atoms with Crippen LogP contribution in [0, 0.1) is 5.92 Å². The Morgan fingerprint density at radius 1 is 1.20 bits per heavy atom. The fourth-order valence-corrected chi connectivity index (χ4v) is 1.72. The van der Waals surface area contributed by atoms with E-state index < -0.39 is 0 Å². The normalized spacial score (nSPS) is 53.4. The summed E-state index contributed by atoms with van der Waals surface area (Å²) in [6, 6.07) is 0.106. The summed E-state index contributed by atoms with van der Waals surface area (Å²) in [5.41, 5.74) is 5.73. The molecule has 2 N–H and O–H groups in total. The average molecular weight is 143 g/mol. The first-order valence-corrected chi connectivity index (χ1v) is 3.78. The predicted octanol–water partition coefficient (Wildman–Crippen LogP) is -0.253. The van der Waals surface area contributed by atoms with Gasteiger partial charge in [-0.25, -0.2) is 0 Å². The van der Waals surface area contributed by atoms with E-state index in [0.717, 1.165) is 6.61 Å². The summed E-state index contributed by atoms with van der Waals surface area (Å²) in [5.74, 6) is 0.526. The van der Waals surface area contributed by atoms with Crippen molar-refractivity contribution in [1.29, 1.82) is 0 Å². The van der Waals surface area contributed by atoms with Crippen LogP contribution in [0.25, 0.3) is 0 Å². The van der Waals surface area contributed by atoms with Crippen LogP contribution in [-0.2, 0) is 9.47 Å². The standard InChI is InChI=1S/C7H13NO2/c1-4-2-9-7-5(8)3-10-6(4)7/h4-7H,2-3,8H2,1H3/t4?,5-,6+,7+/m0/s1. The van der Waals surface area contributed by atoms with Crippen LogP contribution in [0.2, 0.25) is 0 Å². The molecule has 0 amide bonds. The Morgan fingerprint density at radius 2 is 1.90 bits per heavy atom. The van der Waals surface area contributed by atoms with E-state index in [1.54, 1.807) is 0 Å². The van der Waals surface area contributed by atoms with E-state index in [9.17, 15) is 0 Å². The molecule has 3 nitrogen and oxygen atoms in total. The highest BCUT2D eigenvalue weighted by Crippen LogP contribution is 2.29. The Bertz CT molecular complexity index is 124. The lowest BCUT2D eigenvalue weighted by molar-refractivity contribution is 0.0650. The molecule has 0 aromatic carbocycles. The van der Waals surface area contributed by atoms with Gasteiger partial charge in [0.2, 0.25) is 0 Å². The van der Waals surface area contributed by atoms with Gasteiger partial charge in [-0.3, -0.25) is 0 Å². The highest BCUT2D eigenvalue weighted by atomic mass is 16.6. The van der Waals surface area contributed by atoms with Crippen molar-refractivity contribution in [3.63, 3.8) is 0 Å². The maximum atomic E-state index is 5.73. The molecule has 3 heteroatoms. The molecule has 0 aromatic rings. The second kappa shape index (κ2) is 2.19. The van der Waals surface area contributed by atoms with E-state index in [4.69, 9.17) is 15.2 Å². The zero-order valence-corrected chi connectivity index (χ0v) is 6.12. The van der Waals surface area contributed by atoms with Gasteiger partial charge < -0.3 is 15.2 Å². The first-order chi connectivity index (χ1) is 4.79. The van der Waals surface area contributed by atoms with Crippen LogP contribution in [0.4, 0.5) is 0 Å². The molecule has 2 aliphatic heterocycles. The summed E-state index contributed by atoms with van der Waals surface area (Å²) in [5, 5.41) is 0. The first kappa shape index (κ1) is 6.58. The molecule has 0 aromatic heterocycles. The van der Waals surface area contributed by atoms with Crippen molar-refractivity contribution >= 4 is 0 Å². The van der Waals surface area contributed by atoms with E-state index in [2.05, 4.69) is 6.92 Å². The summed E-state index contributed by atoms with van der Waals surface area (Å²) in [7, 11) is 0. The predicted molar refractivity (Wildman–Crippen MR) is 36.6 cm³/mol. The number of ether oxygens (including phenoxy) is 2. The van der Waals surface area contributed by atoms with Crippen molar-refractivity contribution in [2.24, 2.45) is 11.7 Å². The van der Waals surface area contributed by atoms with Crippen LogP contribution < -0.4 is 5.73 Å². The maximum Gasteiger partial charge on any atom is 0.101 e. The molecule has 2 heterocycles. The minimum Gasteiger partial charge on any atom is -0.373 e. The van der Waals surface area contributed by atoms with E-state index in [-0.39, 0.29) is 18.2 Å². The summed E-state index contributed by atoms with van der Waals surface area (Å²) in [6.45, 7) is 3.62. The summed E-state index contributed by atoms with van der Waals surface area (Å²) in [4.78, 5) is 0. The molecule has 2 rings (SSSR count). The highest BCUT2D eigenvalue weighted by Gasteiger charge is 2.43. The zero-order chi connectivity index (χ0) is 7.14. The second-order valence-electron chi connectivity index (χ2n) is 3.24. The van der Waals surface area contributed by atoms with Gasteiger partial charge in [-0.1, -0.05) is 6.92 Å². The molecule has 0 bridgehead atoms. The molecule has 58 valence electrons. The quantitative estimate of drug-likeness (QED) is 0.508. The van der Waals surface area contributed by atoms with Crippen molar-refractivity contribution in [2.45, 2.75) is 25.2 Å². The molecule has 1 unspecified atom stereocenters. The fraction of sp³-hybridized carbons (Fsp3) is 1.00. The molecule has 2 aliphatic rings. The van der Waals surface area contributed by atoms with Gasteiger partial charge in [-0.15, -0.1) is 0 Å². The van der Waals surface area contributed by atoms with Gasteiger partial charge in [-0.05, 0) is 0 Å². The topological polar surface area (TPSA) is 44.5 Å². The lowest BCUT2D eigenvalue weighted by Crippen LogP contribution is -2.35. The van der Waals surface area contributed by atoms with Crippen molar-refractivity contribution in [2.75, 3.05) is 13.2 Å². The van der Waals surface area contributed by atoms with Crippen molar-refractivity contribution < 1.29 is 9.47 Å². The van der Waals surface area contributed by atoms with Gasteiger partial charge in [0.05, 0.1) is 25.4 Å². The minimum atomic E-state index is 0.106. The minimum absolute atomic E-state index is 0.106. The molecule has 10 heavy (non-hydrogen) atoms. The van der Waals surface area contributed by atoms with Crippen molar-refractivity contribution in [1.82, 2.24) is 0 Å². The highest BCUT2D eigenvalue weighted by molar-refractivity contribution is 4.94. The second-order valence-corrected chi connectivity index (χ2v) is 3.24. The van der Waals surface area contributed by atoms with E-state index in [1.165, 1.54) is 0 Å². The lowest BCUT2D eigenvalue weighted by Gasteiger charge is -2.10. The molecule has 0 aliphatic carbocycles. The van der Waals surface area contributed by atoms with Crippen LogP contribution in [-0.4, -0.2) is 31.5 Å². The van der Waals surface area contributed by atoms with Gasteiger partial charge in [0.25, 0.3) is 0 Å². The molecule has 0 spiro atoms. The van der Waals surface area contributed by atoms with Crippen molar-refractivity contribution in [3.05, 3.63) is 0 Å².